The molecule has 1 aromatic rings. The lowest BCUT2D eigenvalue weighted by Crippen LogP contribution is -2.42. The van der Waals surface area contributed by atoms with Crippen molar-refractivity contribution in [3.8, 4) is 0 Å². The second-order valence-corrected chi connectivity index (χ2v) is 5.27. The Labute approximate surface area is 125 Å². The molecule has 6 heteroatoms. The fraction of sp³-hybridized carbons (Fsp3) is 0.533. The molecular weight excluding hydrogens is 266 g/mol. The first-order valence-electron chi connectivity index (χ1n) is 7.44. The smallest absolute Gasteiger partial charge is 0.344 e. The third-order valence-corrected chi connectivity index (χ3v) is 3.65. The van der Waals surface area contributed by atoms with Gasteiger partial charge in [0.1, 0.15) is 0 Å². The molecule has 2 rings (SSSR count). The van der Waals surface area contributed by atoms with Crippen LogP contribution in [0.15, 0.2) is 23.3 Å². The first-order valence-corrected chi connectivity index (χ1v) is 7.44. The first-order chi connectivity index (χ1) is 10.2. The van der Waals surface area contributed by atoms with Gasteiger partial charge in [-0.25, -0.2) is 4.79 Å². The number of carbonyl (C=O) groups excluding carboxylic acids is 1. The van der Waals surface area contributed by atoms with Crippen LogP contribution < -0.4 is 11.1 Å². The molecule has 0 aliphatic carbocycles. The van der Waals surface area contributed by atoms with E-state index < -0.39 is 0 Å². The second kappa shape index (κ2) is 7.61. The van der Waals surface area contributed by atoms with Crippen LogP contribution in [0.1, 0.15) is 30.5 Å². The number of likely N-dealkylation sites (tertiary alicyclic amines) is 1. The van der Waals surface area contributed by atoms with Crippen LogP contribution in [0.2, 0.25) is 0 Å². The molecule has 114 valence electrons. The lowest BCUT2D eigenvalue weighted by molar-refractivity contribution is 0.248. The van der Waals surface area contributed by atoms with Gasteiger partial charge in [-0.3, -0.25) is 4.98 Å². The molecule has 1 aliphatic heterocycles. The Bertz CT molecular complexity index is 509. The summed E-state index contributed by atoms with van der Waals surface area (Å²) in [5, 5.41) is 2.76. The molecule has 2 heterocycles. The topological polar surface area (TPSA) is 83.6 Å². The Morgan fingerprint density at radius 3 is 2.90 bits per heavy atom. The van der Waals surface area contributed by atoms with E-state index in [4.69, 9.17) is 5.73 Å². The van der Waals surface area contributed by atoms with Crippen molar-refractivity contribution in [1.82, 2.24) is 15.2 Å². The Hall–Kier alpha value is -2.11. The zero-order valence-electron chi connectivity index (χ0n) is 12.5. The van der Waals surface area contributed by atoms with E-state index in [2.05, 4.69) is 15.3 Å². The number of urea groups is 1. The predicted octanol–water partition coefficient (Wildman–Crippen LogP) is 1.44. The third-order valence-electron chi connectivity index (χ3n) is 3.65. The van der Waals surface area contributed by atoms with E-state index in [1.54, 1.807) is 6.20 Å². The Balaban J connectivity index is 1.77. The van der Waals surface area contributed by atoms with E-state index >= 15 is 0 Å². The number of aromatic nitrogens is 1. The van der Waals surface area contributed by atoms with Crippen molar-refractivity contribution in [3.63, 3.8) is 0 Å². The number of hydrogen-bond acceptors (Lipinski definition) is 2. The van der Waals surface area contributed by atoms with Crippen LogP contribution >= 0.6 is 0 Å². The van der Waals surface area contributed by atoms with E-state index in [1.165, 1.54) is 6.42 Å². The molecule has 0 aromatic carbocycles. The number of piperidine rings is 1. The van der Waals surface area contributed by atoms with Crippen LogP contribution in [0.4, 0.5) is 4.79 Å². The summed E-state index contributed by atoms with van der Waals surface area (Å²) < 4.78 is 0. The lowest BCUT2D eigenvalue weighted by Gasteiger charge is -2.27. The summed E-state index contributed by atoms with van der Waals surface area (Å²) >= 11 is 0. The van der Waals surface area contributed by atoms with Gasteiger partial charge in [0.15, 0.2) is 0 Å². The van der Waals surface area contributed by atoms with Gasteiger partial charge in [0.25, 0.3) is 0 Å². The number of pyridine rings is 1. The number of nitrogens with two attached hydrogens (primary N) is 1. The number of nitrogens with one attached hydrogen (secondary N) is 1. The highest BCUT2D eigenvalue weighted by Gasteiger charge is 2.13. The standard InChI is InChI=1S/C15H23N5O/c1-12-6-5-8-17-13(12)7-9-18-15(21)19-14(16)20-10-3-2-4-11-20/h5-6,8H,2-4,7,9-11H2,1H3,(H3,16,18,19,21). The zero-order valence-corrected chi connectivity index (χ0v) is 12.5. The van der Waals surface area contributed by atoms with Crippen LogP contribution in [0.5, 0.6) is 0 Å². The molecule has 0 spiro atoms. The summed E-state index contributed by atoms with van der Waals surface area (Å²) in [5.74, 6) is 0.321. The van der Waals surface area contributed by atoms with Gasteiger partial charge in [-0.05, 0) is 37.8 Å². The van der Waals surface area contributed by atoms with Crippen LogP contribution in [0.25, 0.3) is 0 Å². The largest absolute Gasteiger partial charge is 0.369 e. The monoisotopic (exact) mass is 289 g/mol. The highest BCUT2D eigenvalue weighted by atomic mass is 16.2. The lowest BCUT2D eigenvalue weighted by atomic mass is 10.1. The molecule has 0 saturated carbocycles. The molecular formula is C15H23N5O. The zero-order chi connectivity index (χ0) is 15.1. The molecule has 1 aliphatic rings. The molecule has 0 bridgehead atoms. The molecule has 21 heavy (non-hydrogen) atoms. The van der Waals surface area contributed by atoms with Crippen molar-refractivity contribution in [2.45, 2.75) is 32.6 Å². The van der Waals surface area contributed by atoms with Crippen LogP contribution in [-0.4, -0.2) is 41.5 Å². The van der Waals surface area contributed by atoms with E-state index in [9.17, 15) is 4.79 Å². The molecule has 0 radical (unpaired) electrons. The minimum absolute atomic E-state index is 0.321. The summed E-state index contributed by atoms with van der Waals surface area (Å²) in [6.45, 7) is 4.29. The number of guanidine groups is 1. The van der Waals surface area contributed by atoms with E-state index in [1.807, 2.05) is 24.0 Å². The minimum Gasteiger partial charge on any atom is -0.369 e. The SMILES string of the molecule is Cc1cccnc1CCNC(=O)N=C(N)N1CCCCC1. The number of aryl methyl sites for hydroxylation is 1. The number of rotatable bonds is 3. The maximum absolute atomic E-state index is 11.7. The van der Waals surface area contributed by atoms with Crippen molar-refractivity contribution in [3.05, 3.63) is 29.6 Å². The summed E-state index contributed by atoms with van der Waals surface area (Å²) in [6.07, 6.45) is 5.89. The first kappa shape index (κ1) is 15.3. The highest BCUT2D eigenvalue weighted by molar-refractivity contribution is 5.91. The molecule has 1 aromatic heterocycles. The van der Waals surface area contributed by atoms with E-state index in [-0.39, 0.29) is 6.03 Å². The predicted molar refractivity (Wildman–Crippen MR) is 83.1 cm³/mol. The maximum Gasteiger partial charge on any atom is 0.344 e. The quantitative estimate of drug-likeness (QED) is 0.651. The summed E-state index contributed by atoms with van der Waals surface area (Å²) in [4.78, 5) is 21.9. The number of carbonyl (C=O) groups is 1. The summed E-state index contributed by atoms with van der Waals surface area (Å²) in [7, 11) is 0. The highest BCUT2D eigenvalue weighted by Crippen LogP contribution is 2.07. The summed E-state index contributed by atoms with van der Waals surface area (Å²) in [6, 6.07) is 3.53. The molecule has 2 amide bonds. The van der Waals surface area contributed by atoms with E-state index in [0.717, 1.165) is 37.2 Å². The molecule has 3 N–H and O–H groups in total. The fourth-order valence-corrected chi connectivity index (χ4v) is 2.41. The van der Waals surface area contributed by atoms with Crippen molar-refractivity contribution < 1.29 is 4.79 Å². The minimum atomic E-state index is -0.383. The Morgan fingerprint density at radius 2 is 2.19 bits per heavy atom. The maximum atomic E-state index is 11.7. The normalized spacial score (nSPS) is 15.9. The van der Waals surface area contributed by atoms with Crippen molar-refractivity contribution in [1.29, 1.82) is 0 Å². The molecule has 6 nitrogen and oxygen atoms in total. The number of hydrogen-bond donors (Lipinski definition) is 2. The van der Waals surface area contributed by atoms with Crippen molar-refractivity contribution >= 4 is 12.0 Å². The summed E-state index contributed by atoms with van der Waals surface area (Å²) in [5.41, 5.74) is 7.98. The van der Waals surface area contributed by atoms with Gasteiger partial charge in [-0.1, -0.05) is 6.07 Å². The molecule has 0 atom stereocenters. The van der Waals surface area contributed by atoms with Gasteiger partial charge < -0.3 is 16.0 Å². The second-order valence-electron chi connectivity index (χ2n) is 5.27. The Kier molecular flexibility index (Phi) is 5.54. The third kappa shape index (κ3) is 4.73. The average Bonchev–Trinajstić information content (AvgIpc) is 2.50. The van der Waals surface area contributed by atoms with Gasteiger partial charge in [-0.15, -0.1) is 0 Å². The number of aliphatic imine (C=N–C) groups is 1. The van der Waals surface area contributed by atoms with Gasteiger partial charge in [0.2, 0.25) is 5.96 Å². The van der Waals surface area contributed by atoms with Gasteiger partial charge in [0.05, 0.1) is 0 Å². The van der Waals surface area contributed by atoms with Gasteiger partial charge in [-0.2, -0.15) is 4.99 Å². The van der Waals surface area contributed by atoms with E-state index in [0.29, 0.717) is 18.9 Å². The van der Waals surface area contributed by atoms with Gasteiger partial charge in [0, 0.05) is 37.9 Å². The Morgan fingerprint density at radius 1 is 1.43 bits per heavy atom. The molecule has 1 fully saturated rings. The molecule has 0 unspecified atom stereocenters. The van der Waals surface area contributed by atoms with Crippen LogP contribution in [0, 0.1) is 6.92 Å². The van der Waals surface area contributed by atoms with Crippen molar-refractivity contribution in [2.75, 3.05) is 19.6 Å². The molecule has 1 saturated heterocycles. The number of amides is 2. The average molecular weight is 289 g/mol. The number of nitrogens with zero attached hydrogens (tertiary/aromatic N) is 3. The van der Waals surface area contributed by atoms with Crippen LogP contribution in [-0.2, 0) is 6.42 Å². The van der Waals surface area contributed by atoms with Gasteiger partial charge >= 0.3 is 6.03 Å². The fourth-order valence-electron chi connectivity index (χ4n) is 2.41. The van der Waals surface area contributed by atoms with Crippen LogP contribution in [0.3, 0.4) is 0 Å². The van der Waals surface area contributed by atoms with Crippen molar-refractivity contribution in [2.24, 2.45) is 10.7 Å².